The molecule has 158 valence electrons. The van der Waals surface area contributed by atoms with Crippen LogP contribution in [-0.2, 0) is 11.3 Å². The molecule has 6 nitrogen and oxygen atoms in total. The number of amides is 1. The SMILES string of the molecule is CCCC[C@@H]1S/C(=N/N=C\c2ccc(OC)c(OC)c2)N(Cc2ccccc2)C1=O. The average Bonchev–Trinajstić information content (AvgIpc) is 3.07. The zero-order chi connectivity index (χ0) is 21.3. The third-order valence-corrected chi connectivity index (χ3v) is 6.02. The summed E-state index contributed by atoms with van der Waals surface area (Å²) in [5.41, 5.74) is 1.91. The van der Waals surface area contributed by atoms with Crippen molar-refractivity contribution in [2.45, 2.75) is 38.0 Å². The highest BCUT2D eigenvalue weighted by atomic mass is 32.2. The number of carbonyl (C=O) groups excluding carboxylic acids is 1. The van der Waals surface area contributed by atoms with Gasteiger partial charge in [-0.2, -0.15) is 5.10 Å². The molecule has 1 aliphatic heterocycles. The van der Waals surface area contributed by atoms with E-state index in [-0.39, 0.29) is 11.2 Å². The molecule has 1 amide bonds. The summed E-state index contributed by atoms with van der Waals surface area (Å²) in [4.78, 5) is 14.7. The third kappa shape index (κ3) is 5.42. The van der Waals surface area contributed by atoms with Crippen LogP contribution >= 0.6 is 11.8 Å². The van der Waals surface area contributed by atoms with Crippen LogP contribution in [0.25, 0.3) is 0 Å². The third-order valence-electron chi connectivity index (χ3n) is 4.78. The van der Waals surface area contributed by atoms with Gasteiger partial charge in [-0.3, -0.25) is 9.69 Å². The molecule has 0 unspecified atom stereocenters. The number of carbonyl (C=O) groups is 1. The van der Waals surface area contributed by atoms with Gasteiger partial charge in [0.05, 0.1) is 32.2 Å². The predicted molar refractivity (Wildman–Crippen MR) is 122 cm³/mol. The second-order valence-electron chi connectivity index (χ2n) is 6.90. The topological polar surface area (TPSA) is 63.5 Å². The fourth-order valence-electron chi connectivity index (χ4n) is 3.15. The molecule has 7 heteroatoms. The molecule has 0 bridgehead atoms. The number of unbranched alkanes of at least 4 members (excludes halogenated alkanes) is 1. The summed E-state index contributed by atoms with van der Waals surface area (Å²) in [6.45, 7) is 2.63. The Hall–Kier alpha value is -2.80. The minimum Gasteiger partial charge on any atom is -0.493 e. The van der Waals surface area contributed by atoms with Crippen LogP contribution in [0.4, 0.5) is 0 Å². The summed E-state index contributed by atoms with van der Waals surface area (Å²) in [6, 6.07) is 15.5. The van der Waals surface area contributed by atoms with Gasteiger partial charge in [-0.1, -0.05) is 61.9 Å². The van der Waals surface area contributed by atoms with E-state index >= 15 is 0 Å². The number of ether oxygens (including phenoxy) is 2. The van der Waals surface area contributed by atoms with Gasteiger partial charge < -0.3 is 9.47 Å². The first-order chi connectivity index (χ1) is 14.7. The number of methoxy groups -OCH3 is 2. The maximum atomic E-state index is 13.0. The number of hydrogen-bond donors (Lipinski definition) is 0. The molecular weight excluding hydrogens is 398 g/mol. The zero-order valence-electron chi connectivity index (χ0n) is 17.6. The Morgan fingerprint density at radius 2 is 1.87 bits per heavy atom. The van der Waals surface area contributed by atoms with Gasteiger partial charge in [-0.05, 0) is 35.7 Å². The molecule has 0 radical (unpaired) electrons. The zero-order valence-corrected chi connectivity index (χ0v) is 18.4. The smallest absolute Gasteiger partial charge is 0.242 e. The first-order valence-corrected chi connectivity index (χ1v) is 10.9. The van der Waals surface area contributed by atoms with Crippen molar-refractivity contribution >= 4 is 29.1 Å². The van der Waals surface area contributed by atoms with Gasteiger partial charge >= 0.3 is 0 Å². The van der Waals surface area contributed by atoms with Crippen LogP contribution in [0.5, 0.6) is 11.5 Å². The van der Waals surface area contributed by atoms with E-state index in [1.807, 2.05) is 48.5 Å². The Balaban J connectivity index is 1.80. The summed E-state index contributed by atoms with van der Waals surface area (Å²) >= 11 is 1.50. The second kappa shape index (κ2) is 10.8. The molecule has 1 fully saturated rings. The quantitative estimate of drug-likeness (QED) is 0.430. The monoisotopic (exact) mass is 425 g/mol. The highest BCUT2D eigenvalue weighted by Gasteiger charge is 2.37. The number of rotatable bonds is 9. The van der Waals surface area contributed by atoms with Crippen molar-refractivity contribution in [3.8, 4) is 11.5 Å². The summed E-state index contributed by atoms with van der Waals surface area (Å²) in [6.07, 6.45) is 4.58. The van der Waals surface area contributed by atoms with Gasteiger partial charge in [0.25, 0.3) is 0 Å². The summed E-state index contributed by atoms with van der Waals surface area (Å²) < 4.78 is 10.6. The number of amidine groups is 1. The van der Waals surface area contributed by atoms with Crippen molar-refractivity contribution < 1.29 is 14.3 Å². The molecule has 2 aromatic carbocycles. The van der Waals surface area contributed by atoms with E-state index in [1.54, 1.807) is 25.3 Å². The van der Waals surface area contributed by atoms with Crippen LogP contribution in [0.1, 0.15) is 37.3 Å². The van der Waals surface area contributed by atoms with Crippen LogP contribution < -0.4 is 9.47 Å². The molecule has 0 N–H and O–H groups in total. The lowest BCUT2D eigenvalue weighted by molar-refractivity contribution is -0.126. The summed E-state index contributed by atoms with van der Waals surface area (Å²) in [7, 11) is 3.19. The van der Waals surface area contributed by atoms with E-state index in [1.165, 1.54) is 11.8 Å². The molecular formula is C23H27N3O3S. The molecule has 3 rings (SSSR count). The van der Waals surface area contributed by atoms with Crippen molar-refractivity contribution in [1.82, 2.24) is 4.90 Å². The Labute approximate surface area is 182 Å². The van der Waals surface area contributed by atoms with E-state index in [4.69, 9.17) is 9.47 Å². The van der Waals surface area contributed by atoms with Gasteiger partial charge in [-0.25, -0.2) is 0 Å². The van der Waals surface area contributed by atoms with Crippen LogP contribution in [0.15, 0.2) is 58.7 Å². The minimum absolute atomic E-state index is 0.0938. The van der Waals surface area contributed by atoms with E-state index < -0.39 is 0 Å². The van der Waals surface area contributed by atoms with Crippen LogP contribution in [0.3, 0.4) is 0 Å². The Morgan fingerprint density at radius 1 is 1.10 bits per heavy atom. The maximum Gasteiger partial charge on any atom is 0.242 e. The molecule has 1 aliphatic rings. The average molecular weight is 426 g/mol. The van der Waals surface area contributed by atoms with Crippen molar-refractivity contribution in [2.75, 3.05) is 14.2 Å². The Morgan fingerprint density at radius 3 is 2.57 bits per heavy atom. The van der Waals surface area contributed by atoms with Crippen molar-refractivity contribution in [1.29, 1.82) is 0 Å². The first-order valence-electron chi connectivity index (χ1n) is 10.0. The molecule has 0 aromatic heterocycles. The number of hydrogen-bond acceptors (Lipinski definition) is 6. The molecule has 1 atom stereocenters. The molecule has 0 saturated carbocycles. The lowest BCUT2D eigenvalue weighted by Gasteiger charge is -2.15. The van der Waals surface area contributed by atoms with Gasteiger partial charge in [0.2, 0.25) is 5.91 Å². The van der Waals surface area contributed by atoms with Gasteiger partial charge in [0, 0.05) is 0 Å². The van der Waals surface area contributed by atoms with E-state index in [2.05, 4.69) is 17.1 Å². The van der Waals surface area contributed by atoms with E-state index in [0.29, 0.717) is 23.2 Å². The number of benzene rings is 2. The van der Waals surface area contributed by atoms with Crippen LogP contribution in [0.2, 0.25) is 0 Å². The molecule has 1 heterocycles. The van der Waals surface area contributed by atoms with E-state index in [9.17, 15) is 4.79 Å². The highest BCUT2D eigenvalue weighted by Crippen LogP contribution is 2.32. The second-order valence-corrected chi connectivity index (χ2v) is 8.07. The lowest BCUT2D eigenvalue weighted by atomic mass is 10.1. The van der Waals surface area contributed by atoms with Crippen LogP contribution in [0, 0.1) is 0 Å². The van der Waals surface area contributed by atoms with Gasteiger partial charge in [0.1, 0.15) is 0 Å². The standard InChI is InChI=1S/C23H27N3O3S/c1-4-5-11-21-22(27)26(16-17-9-7-6-8-10-17)23(30-21)25-24-15-18-12-13-19(28-2)20(14-18)29-3/h6-10,12-15,21H,4-5,11,16H2,1-3H3/b24-15-,25-23+/t21-/m0/s1. The molecule has 1 saturated heterocycles. The first kappa shape index (κ1) is 21.9. The molecule has 0 spiro atoms. The summed E-state index contributed by atoms with van der Waals surface area (Å²) in [5.74, 6) is 1.40. The van der Waals surface area contributed by atoms with Gasteiger partial charge in [-0.15, -0.1) is 5.10 Å². The highest BCUT2D eigenvalue weighted by molar-refractivity contribution is 8.15. The molecule has 30 heavy (non-hydrogen) atoms. The van der Waals surface area contributed by atoms with Crippen LogP contribution in [-0.4, -0.2) is 41.7 Å². The Bertz CT molecular complexity index is 915. The minimum atomic E-state index is -0.0938. The molecule has 0 aliphatic carbocycles. The lowest BCUT2D eigenvalue weighted by Crippen LogP contribution is -2.31. The fraction of sp³-hybridized carbons (Fsp3) is 0.348. The number of nitrogens with zero attached hydrogens (tertiary/aromatic N) is 3. The van der Waals surface area contributed by atoms with Gasteiger partial charge in [0.15, 0.2) is 16.7 Å². The van der Waals surface area contributed by atoms with Crippen molar-refractivity contribution in [3.63, 3.8) is 0 Å². The number of thioether (sulfide) groups is 1. The predicted octanol–water partition coefficient (Wildman–Crippen LogP) is 4.73. The normalized spacial score (nSPS) is 17.8. The molecule has 2 aromatic rings. The van der Waals surface area contributed by atoms with Crippen molar-refractivity contribution in [2.24, 2.45) is 10.2 Å². The van der Waals surface area contributed by atoms with Crippen molar-refractivity contribution in [3.05, 3.63) is 59.7 Å². The maximum absolute atomic E-state index is 13.0. The largest absolute Gasteiger partial charge is 0.493 e. The fourth-order valence-corrected chi connectivity index (χ4v) is 4.29. The summed E-state index contributed by atoms with van der Waals surface area (Å²) in [5, 5.41) is 9.18. The van der Waals surface area contributed by atoms with E-state index in [0.717, 1.165) is 30.4 Å². The Kier molecular flexibility index (Phi) is 7.90.